The summed E-state index contributed by atoms with van der Waals surface area (Å²) in [5.41, 5.74) is 0.505. The summed E-state index contributed by atoms with van der Waals surface area (Å²) >= 11 is 3.18. The van der Waals surface area contributed by atoms with Crippen LogP contribution in [0.25, 0.3) is 0 Å². The van der Waals surface area contributed by atoms with Crippen LogP contribution in [0.2, 0.25) is 0 Å². The molecule has 0 saturated heterocycles. The summed E-state index contributed by atoms with van der Waals surface area (Å²) in [6, 6.07) is 4.83. The van der Waals surface area contributed by atoms with E-state index in [-0.39, 0.29) is 23.9 Å². The second kappa shape index (κ2) is 3.81. The number of rotatable bonds is 3. The number of ketones is 1. The molecule has 2 rings (SSSR count). The van der Waals surface area contributed by atoms with Gasteiger partial charge >= 0.3 is 0 Å². The number of hydrogen-bond donors (Lipinski definition) is 0. The lowest BCUT2D eigenvalue weighted by molar-refractivity contribution is -0.119. The van der Waals surface area contributed by atoms with Crippen molar-refractivity contribution in [3.8, 4) is 0 Å². The van der Waals surface area contributed by atoms with Gasteiger partial charge in [-0.1, -0.05) is 22.0 Å². The van der Waals surface area contributed by atoms with E-state index in [1.807, 2.05) is 0 Å². The van der Waals surface area contributed by atoms with Gasteiger partial charge in [-0.25, -0.2) is 4.39 Å². The molecule has 1 aliphatic carbocycles. The molecule has 74 valence electrons. The molecular weight excluding hydrogens is 247 g/mol. The van der Waals surface area contributed by atoms with Gasteiger partial charge in [-0.15, -0.1) is 0 Å². The number of carbonyl (C=O) groups excluding carboxylic acids is 1. The lowest BCUT2D eigenvalue weighted by Crippen LogP contribution is -2.06. The molecule has 0 spiro atoms. The number of carbonyl (C=O) groups is 1. The molecule has 0 atom stereocenters. The van der Waals surface area contributed by atoms with Gasteiger partial charge in [0.2, 0.25) is 0 Å². The van der Waals surface area contributed by atoms with Crippen LogP contribution in [0, 0.1) is 11.7 Å². The molecule has 1 aromatic carbocycles. The Kier molecular flexibility index (Phi) is 2.68. The molecule has 0 amide bonds. The predicted molar refractivity (Wildman–Crippen MR) is 55.5 cm³/mol. The zero-order valence-electron chi connectivity index (χ0n) is 7.59. The second-order valence-corrected chi connectivity index (χ2v) is 4.57. The van der Waals surface area contributed by atoms with Gasteiger partial charge in [0.15, 0.2) is 0 Å². The molecule has 14 heavy (non-hydrogen) atoms. The molecule has 0 aliphatic heterocycles. The molecule has 0 radical (unpaired) electrons. The van der Waals surface area contributed by atoms with Crippen LogP contribution in [0.15, 0.2) is 22.7 Å². The largest absolute Gasteiger partial charge is 0.299 e. The standard InChI is InChI=1S/C11H10BrFO/c12-9-4-3-8(10(13)6-9)5-11(14)7-1-2-7/h3-4,6-7H,1-2,5H2. The first kappa shape index (κ1) is 9.84. The quantitative estimate of drug-likeness (QED) is 0.813. The average Bonchev–Trinajstić information content (AvgIpc) is 2.92. The molecule has 0 N–H and O–H groups in total. The summed E-state index contributed by atoms with van der Waals surface area (Å²) in [5, 5.41) is 0. The van der Waals surface area contributed by atoms with E-state index in [1.165, 1.54) is 6.07 Å². The van der Waals surface area contributed by atoms with E-state index in [2.05, 4.69) is 15.9 Å². The van der Waals surface area contributed by atoms with Gasteiger partial charge in [-0.2, -0.15) is 0 Å². The van der Waals surface area contributed by atoms with Gasteiger partial charge in [-0.3, -0.25) is 4.79 Å². The molecule has 1 aromatic rings. The maximum atomic E-state index is 13.3. The highest BCUT2D eigenvalue weighted by molar-refractivity contribution is 9.10. The summed E-state index contributed by atoms with van der Waals surface area (Å²) in [6.45, 7) is 0. The van der Waals surface area contributed by atoms with Gasteiger partial charge in [0.1, 0.15) is 11.6 Å². The smallest absolute Gasteiger partial charge is 0.140 e. The SMILES string of the molecule is O=C(Cc1ccc(Br)cc1F)C1CC1. The van der Waals surface area contributed by atoms with Gasteiger partial charge in [0.05, 0.1) is 0 Å². The molecule has 1 nitrogen and oxygen atoms in total. The Labute approximate surface area is 90.4 Å². The maximum Gasteiger partial charge on any atom is 0.140 e. The van der Waals surface area contributed by atoms with Crippen molar-refractivity contribution in [3.05, 3.63) is 34.1 Å². The van der Waals surface area contributed by atoms with Crippen molar-refractivity contribution in [1.29, 1.82) is 0 Å². The Morgan fingerprint density at radius 1 is 1.50 bits per heavy atom. The minimum atomic E-state index is -0.298. The summed E-state index contributed by atoms with van der Waals surface area (Å²) in [4.78, 5) is 11.4. The van der Waals surface area contributed by atoms with E-state index >= 15 is 0 Å². The first-order valence-electron chi connectivity index (χ1n) is 4.63. The number of benzene rings is 1. The van der Waals surface area contributed by atoms with Crippen molar-refractivity contribution >= 4 is 21.7 Å². The number of halogens is 2. The van der Waals surface area contributed by atoms with Crippen LogP contribution in [0.1, 0.15) is 18.4 Å². The Bertz CT molecular complexity index is 372. The average molecular weight is 257 g/mol. The third-order valence-electron chi connectivity index (χ3n) is 2.41. The molecule has 0 bridgehead atoms. The lowest BCUT2D eigenvalue weighted by atomic mass is 10.1. The monoisotopic (exact) mass is 256 g/mol. The van der Waals surface area contributed by atoms with Crippen molar-refractivity contribution in [2.24, 2.45) is 5.92 Å². The molecular formula is C11H10BrFO. The van der Waals surface area contributed by atoms with Crippen molar-refractivity contribution in [3.63, 3.8) is 0 Å². The van der Waals surface area contributed by atoms with E-state index < -0.39 is 0 Å². The fourth-order valence-corrected chi connectivity index (χ4v) is 1.74. The Morgan fingerprint density at radius 3 is 2.79 bits per heavy atom. The fraction of sp³-hybridized carbons (Fsp3) is 0.364. The van der Waals surface area contributed by atoms with Gasteiger partial charge < -0.3 is 0 Å². The molecule has 0 unspecified atom stereocenters. The topological polar surface area (TPSA) is 17.1 Å². The highest BCUT2D eigenvalue weighted by Gasteiger charge is 2.29. The summed E-state index contributed by atoms with van der Waals surface area (Å²) in [6.07, 6.45) is 2.21. The van der Waals surface area contributed by atoms with Crippen LogP contribution in [-0.2, 0) is 11.2 Å². The predicted octanol–water partition coefficient (Wildman–Crippen LogP) is 3.11. The van der Waals surface area contributed by atoms with Gasteiger partial charge in [0.25, 0.3) is 0 Å². The normalized spacial score (nSPS) is 15.6. The van der Waals surface area contributed by atoms with E-state index in [0.29, 0.717) is 10.0 Å². The van der Waals surface area contributed by atoms with Crippen molar-refractivity contribution in [1.82, 2.24) is 0 Å². The van der Waals surface area contributed by atoms with Gasteiger partial charge in [0, 0.05) is 16.8 Å². The molecule has 0 heterocycles. The van der Waals surface area contributed by atoms with Crippen molar-refractivity contribution in [2.75, 3.05) is 0 Å². The minimum Gasteiger partial charge on any atom is -0.299 e. The maximum absolute atomic E-state index is 13.3. The third-order valence-corrected chi connectivity index (χ3v) is 2.91. The first-order chi connectivity index (χ1) is 6.66. The zero-order chi connectivity index (χ0) is 10.1. The molecule has 1 saturated carbocycles. The number of Topliss-reactive ketones (excluding diaryl/α,β-unsaturated/α-hetero) is 1. The van der Waals surface area contributed by atoms with E-state index in [4.69, 9.17) is 0 Å². The van der Waals surface area contributed by atoms with E-state index in [0.717, 1.165) is 12.8 Å². The molecule has 0 aromatic heterocycles. The molecule has 1 aliphatic rings. The highest BCUT2D eigenvalue weighted by Crippen LogP contribution is 2.31. The van der Waals surface area contributed by atoms with Crippen LogP contribution in [0.5, 0.6) is 0 Å². The Morgan fingerprint density at radius 2 is 2.21 bits per heavy atom. The van der Waals surface area contributed by atoms with Crippen molar-refractivity contribution in [2.45, 2.75) is 19.3 Å². The van der Waals surface area contributed by atoms with Crippen LogP contribution in [0.4, 0.5) is 4.39 Å². The first-order valence-corrected chi connectivity index (χ1v) is 5.43. The Balaban J connectivity index is 2.11. The minimum absolute atomic E-state index is 0.172. The zero-order valence-corrected chi connectivity index (χ0v) is 9.18. The molecule has 1 fully saturated rings. The van der Waals surface area contributed by atoms with Crippen LogP contribution in [0.3, 0.4) is 0 Å². The fourth-order valence-electron chi connectivity index (χ4n) is 1.40. The highest BCUT2D eigenvalue weighted by atomic mass is 79.9. The van der Waals surface area contributed by atoms with Crippen LogP contribution < -0.4 is 0 Å². The second-order valence-electron chi connectivity index (χ2n) is 3.65. The Hall–Kier alpha value is -0.700. The summed E-state index contributed by atoms with van der Waals surface area (Å²) in [5.74, 6) is 0.0812. The molecule has 3 heteroatoms. The van der Waals surface area contributed by atoms with Crippen LogP contribution >= 0.6 is 15.9 Å². The van der Waals surface area contributed by atoms with E-state index in [1.54, 1.807) is 12.1 Å². The van der Waals surface area contributed by atoms with Gasteiger partial charge in [-0.05, 0) is 30.5 Å². The lowest BCUT2D eigenvalue weighted by Gasteiger charge is -2.01. The van der Waals surface area contributed by atoms with E-state index in [9.17, 15) is 9.18 Å². The summed E-state index contributed by atoms with van der Waals surface area (Å²) < 4.78 is 14.0. The van der Waals surface area contributed by atoms with Crippen LogP contribution in [-0.4, -0.2) is 5.78 Å². The van der Waals surface area contributed by atoms with Crippen molar-refractivity contribution < 1.29 is 9.18 Å². The number of hydrogen-bond acceptors (Lipinski definition) is 1. The third kappa shape index (κ3) is 2.21. The summed E-state index contributed by atoms with van der Waals surface area (Å²) in [7, 11) is 0.